The minimum absolute atomic E-state index is 0.0990. The van der Waals surface area contributed by atoms with Crippen molar-refractivity contribution < 1.29 is 28.5 Å². The molecule has 3 aliphatic rings. The normalized spacial score (nSPS) is 24.9. The molecule has 1 aliphatic heterocycles. The lowest BCUT2D eigenvalue weighted by Gasteiger charge is -2.39. The van der Waals surface area contributed by atoms with Crippen molar-refractivity contribution in [3.8, 4) is 11.5 Å². The van der Waals surface area contributed by atoms with Crippen molar-refractivity contribution in [1.82, 2.24) is 4.90 Å². The van der Waals surface area contributed by atoms with Gasteiger partial charge < -0.3 is 28.6 Å². The fraction of sp³-hybridized carbons (Fsp3) is 0.419. The Balaban J connectivity index is 1.16. The number of likely N-dealkylation sites (N-methyl/N-ethyl adjacent to an activating group) is 1. The van der Waals surface area contributed by atoms with E-state index in [-0.39, 0.29) is 30.1 Å². The van der Waals surface area contributed by atoms with Crippen molar-refractivity contribution >= 4 is 17.7 Å². The summed E-state index contributed by atoms with van der Waals surface area (Å²) < 4.78 is 32.1. The van der Waals surface area contributed by atoms with Gasteiger partial charge in [-0.05, 0) is 58.3 Å². The molecule has 3 fully saturated rings. The maximum atomic E-state index is 13.3. The molecule has 2 bridgehead atoms. The lowest BCUT2D eigenvalue weighted by atomic mass is 9.70. The first-order valence-electron chi connectivity index (χ1n) is 18.0. The highest BCUT2D eigenvalue weighted by molar-refractivity contribution is 6.31. The first kappa shape index (κ1) is 35.4. The molecule has 1 amide bonds. The standard InChI is InChI=1S/C43H48ClNO6/c1-42(2)34-20-21-43(42,3)40-32(34)23-39(51-40)50-38(25-45(4)41(46)49-28-31-18-12-7-13-19-31)33-22-36(47-26-29-14-8-5-9-15-29)37(24-35(33)44)48-27-30-16-10-6-11-17-30/h5-19,22,24,32,34,38-40H,20-21,23,25-28H2,1-4H3/t32-,34-,38+,39-,40-,43+/m1/s1. The van der Waals surface area contributed by atoms with Gasteiger partial charge in [0.2, 0.25) is 0 Å². The van der Waals surface area contributed by atoms with Gasteiger partial charge in [0.25, 0.3) is 0 Å². The number of hydrogen-bond donors (Lipinski definition) is 0. The number of carbonyl (C=O) groups is 1. The van der Waals surface area contributed by atoms with Crippen molar-refractivity contribution in [2.45, 2.75) is 78.4 Å². The van der Waals surface area contributed by atoms with E-state index in [1.54, 1.807) is 13.1 Å². The van der Waals surface area contributed by atoms with E-state index in [4.69, 9.17) is 35.3 Å². The summed E-state index contributed by atoms with van der Waals surface area (Å²) in [6, 6.07) is 33.3. The van der Waals surface area contributed by atoms with Gasteiger partial charge in [-0.3, -0.25) is 0 Å². The van der Waals surface area contributed by atoms with Gasteiger partial charge in [-0.15, -0.1) is 0 Å². The molecule has 6 atom stereocenters. The summed E-state index contributed by atoms with van der Waals surface area (Å²) in [5, 5.41) is 0.451. The molecule has 7 nitrogen and oxygen atoms in total. The molecule has 0 radical (unpaired) electrons. The van der Waals surface area contributed by atoms with E-state index in [9.17, 15) is 4.79 Å². The third kappa shape index (κ3) is 7.35. The number of rotatable bonds is 13. The zero-order valence-corrected chi connectivity index (χ0v) is 30.7. The van der Waals surface area contributed by atoms with Crippen LogP contribution in [0.1, 0.15) is 68.4 Å². The quantitative estimate of drug-likeness (QED) is 0.138. The molecule has 268 valence electrons. The van der Waals surface area contributed by atoms with Gasteiger partial charge in [-0.25, -0.2) is 4.79 Å². The van der Waals surface area contributed by atoms with Crippen LogP contribution in [0.4, 0.5) is 4.79 Å². The Kier molecular flexibility index (Phi) is 10.3. The number of fused-ring (bicyclic) bond motifs is 5. The van der Waals surface area contributed by atoms with Gasteiger partial charge in [-0.2, -0.15) is 0 Å². The second kappa shape index (κ2) is 14.9. The molecule has 0 spiro atoms. The number of carbonyl (C=O) groups excluding carboxylic acids is 1. The van der Waals surface area contributed by atoms with Gasteiger partial charge in [0.05, 0.1) is 17.7 Å². The zero-order chi connectivity index (χ0) is 35.6. The van der Waals surface area contributed by atoms with Crippen LogP contribution in [0.2, 0.25) is 5.02 Å². The van der Waals surface area contributed by atoms with E-state index >= 15 is 0 Å². The van der Waals surface area contributed by atoms with Crippen LogP contribution in [0.3, 0.4) is 0 Å². The third-order valence-electron chi connectivity index (χ3n) is 11.8. The summed E-state index contributed by atoms with van der Waals surface area (Å²) in [5.41, 5.74) is 3.97. The van der Waals surface area contributed by atoms with Gasteiger partial charge in [-0.1, -0.05) is 123 Å². The molecule has 0 N–H and O–H groups in total. The van der Waals surface area contributed by atoms with Crippen molar-refractivity contribution in [1.29, 1.82) is 0 Å². The molecule has 1 saturated heterocycles. The highest BCUT2D eigenvalue weighted by Gasteiger charge is 2.69. The van der Waals surface area contributed by atoms with Crippen LogP contribution in [0, 0.1) is 22.7 Å². The highest BCUT2D eigenvalue weighted by Crippen LogP contribution is 2.71. The molecule has 2 saturated carbocycles. The van der Waals surface area contributed by atoms with Crippen LogP contribution in [0.5, 0.6) is 11.5 Å². The Morgan fingerprint density at radius 2 is 1.39 bits per heavy atom. The summed E-state index contributed by atoms with van der Waals surface area (Å²) in [4.78, 5) is 14.9. The van der Waals surface area contributed by atoms with Crippen LogP contribution in [0.25, 0.3) is 0 Å². The summed E-state index contributed by atoms with van der Waals surface area (Å²) in [5.74, 6) is 2.09. The number of benzene rings is 4. The van der Waals surface area contributed by atoms with E-state index in [2.05, 4.69) is 20.8 Å². The van der Waals surface area contributed by atoms with E-state index in [0.717, 1.165) is 29.5 Å². The Hall–Kier alpha value is -4.04. The Morgan fingerprint density at radius 3 is 1.96 bits per heavy atom. The topological polar surface area (TPSA) is 66.5 Å². The molecule has 51 heavy (non-hydrogen) atoms. The van der Waals surface area contributed by atoms with Gasteiger partial charge >= 0.3 is 6.09 Å². The predicted molar refractivity (Wildman–Crippen MR) is 197 cm³/mol. The van der Waals surface area contributed by atoms with Crippen LogP contribution >= 0.6 is 11.6 Å². The monoisotopic (exact) mass is 709 g/mol. The molecular formula is C43H48ClNO6. The summed E-state index contributed by atoms with van der Waals surface area (Å²) in [7, 11) is 1.72. The van der Waals surface area contributed by atoms with Crippen LogP contribution in [-0.4, -0.2) is 37.0 Å². The highest BCUT2D eigenvalue weighted by atomic mass is 35.5. The molecule has 0 unspecified atom stereocenters. The van der Waals surface area contributed by atoms with E-state index in [1.165, 1.54) is 11.3 Å². The smallest absolute Gasteiger partial charge is 0.409 e. The molecule has 2 aliphatic carbocycles. The van der Waals surface area contributed by atoms with Crippen LogP contribution < -0.4 is 9.47 Å². The minimum atomic E-state index is -0.628. The second-order valence-electron chi connectivity index (χ2n) is 15.1. The predicted octanol–water partition coefficient (Wildman–Crippen LogP) is 10.0. The van der Waals surface area contributed by atoms with E-state index < -0.39 is 18.5 Å². The number of halogens is 1. The number of hydrogen-bond acceptors (Lipinski definition) is 6. The molecular weight excluding hydrogens is 662 g/mol. The Morgan fingerprint density at radius 1 is 0.843 bits per heavy atom. The van der Waals surface area contributed by atoms with Gasteiger partial charge in [0, 0.05) is 25.1 Å². The minimum Gasteiger partial charge on any atom is -0.485 e. The van der Waals surface area contributed by atoms with Crippen molar-refractivity contribution in [2.24, 2.45) is 22.7 Å². The first-order chi connectivity index (χ1) is 24.6. The number of amides is 1. The molecule has 1 heterocycles. The number of ether oxygens (including phenoxy) is 5. The fourth-order valence-electron chi connectivity index (χ4n) is 8.62. The molecule has 8 heteroatoms. The van der Waals surface area contributed by atoms with Crippen molar-refractivity contribution in [3.05, 3.63) is 130 Å². The van der Waals surface area contributed by atoms with E-state index in [0.29, 0.717) is 47.1 Å². The van der Waals surface area contributed by atoms with Gasteiger partial charge in [0.15, 0.2) is 17.8 Å². The third-order valence-corrected chi connectivity index (χ3v) is 12.2. The molecule has 0 aromatic heterocycles. The largest absolute Gasteiger partial charge is 0.485 e. The summed E-state index contributed by atoms with van der Waals surface area (Å²) in [6.07, 6.45) is 1.81. The SMILES string of the molecule is CN(C[C@H](O[C@H]1C[C@@H]2[C@H]3CC[C@@](C)([C@@H]2O1)C3(C)C)c1cc(OCc2ccccc2)c(OCc2ccccc2)cc1Cl)C(=O)OCc1ccccc1. The van der Waals surface area contributed by atoms with Crippen molar-refractivity contribution in [2.75, 3.05) is 13.6 Å². The zero-order valence-electron chi connectivity index (χ0n) is 29.9. The fourth-order valence-corrected chi connectivity index (χ4v) is 8.89. The average Bonchev–Trinajstić information content (AvgIpc) is 3.72. The van der Waals surface area contributed by atoms with Gasteiger partial charge in [0.1, 0.15) is 25.9 Å². The van der Waals surface area contributed by atoms with Crippen LogP contribution in [-0.2, 0) is 34.0 Å². The molecule has 4 aromatic rings. The molecule has 4 aromatic carbocycles. The Labute approximate surface area is 306 Å². The maximum absolute atomic E-state index is 13.3. The molecule has 7 rings (SSSR count). The number of nitrogens with zero attached hydrogens (tertiary/aromatic N) is 1. The van der Waals surface area contributed by atoms with Crippen molar-refractivity contribution in [3.63, 3.8) is 0 Å². The van der Waals surface area contributed by atoms with E-state index in [1.807, 2.05) is 97.1 Å². The van der Waals surface area contributed by atoms with Crippen LogP contribution in [0.15, 0.2) is 103 Å². The Bertz CT molecular complexity index is 1790. The average molecular weight is 710 g/mol. The first-order valence-corrected chi connectivity index (χ1v) is 18.4. The lowest BCUT2D eigenvalue weighted by molar-refractivity contribution is -0.189. The lowest BCUT2D eigenvalue weighted by Crippen LogP contribution is -2.38. The second-order valence-corrected chi connectivity index (χ2v) is 15.5. The maximum Gasteiger partial charge on any atom is 0.409 e. The summed E-state index contributed by atoms with van der Waals surface area (Å²) in [6.45, 7) is 8.24. The summed E-state index contributed by atoms with van der Waals surface area (Å²) >= 11 is 7.11.